The second kappa shape index (κ2) is 36.2. The Morgan fingerprint density at radius 1 is 0.567 bits per heavy atom. The van der Waals surface area contributed by atoms with Crippen molar-refractivity contribution in [3.63, 3.8) is 0 Å². The van der Waals surface area contributed by atoms with Crippen molar-refractivity contribution in [3.8, 4) is 11.1 Å². The van der Waals surface area contributed by atoms with Crippen molar-refractivity contribution in [2.24, 2.45) is 0 Å². The van der Waals surface area contributed by atoms with E-state index in [9.17, 15) is 74.1 Å². The van der Waals surface area contributed by atoms with Gasteiger partial charge >= 0.3 is 5.97 Å². The molecule has 12 atom stereocenters. The molecular formula is C71H85N5O19S2. The molecule has 2 aliphatic rings. The number of carbonyl (C=O) groups excluding carboxylic acids is 7. The number of carboxylic acids is 1. The highest BCUT2D eigenvalue weighted by Gasteiger charge is 2.56. The average Bonchev–Trinajstić information content (AvgIpc) is 0.784. The molecule has 2 aliphatic heterocycles. The van der Waals surface area contributed by atoms with Gasteiger partial charge in [0.15, 0.2) is 12.1 Å². The number of nitrogens with one attached hydrogen (secondary N) is 5. The number of aliphatic hydroxyl groups is 6. The fraction of sp³-hybridized carbons (Fsp3) is 0.437. The van der Waals surface area contributed by atoms with Gasteiger partial charge in [-0.1, -0.05) is 121 Å². The van der Waals surface area contributed by atoms with E-state index < -0.39 is 122 Å². The number of hydrogen-bond donors (Lipinski definition) is 12. The predicted octanol–water partition coefficient (Wildman–Crippen LogP) is 3.78. The van der Waals surface area contributed by atoms with Crippen LogP contribution in [0.5, 0.6) is 0 Å². The highest BCUT2D eigenvalue weighted by molar-refractivity contribution is 7.99. The molecule has 24 nitrogen and oxygen atoms in total. The zero-order valence-electron chi connectivity index (χ0n) is 53.9. The van der Waals surface area contributed by atoms with Crippen LogP contribution in [-0.2, 0) is 60.6 Å². The van der Waals surface area contributed by atoms with E-state index in [1.165, 1.54) is 37.4 Å². The summed E-state index contributed by atoms with van der Waals surface area (Å²) in [5, 5.41) is 94.2. The number of Topliss-reactive ketones (excluding diaryl/α,β-unsaturated/α-hetero) is 1. The number of thioether (sulfide) groups is 2. The van der Waals surface area contributed by atoms with E-state index in [1.807, 2.05) is 103 Å². The van der Waals surface area contributed by atoms with Crippen LogP contribution in [0.4, 0.5) is 0 Å². The van der Waals surface area contributed by atoms with E-state index in [1.54, 1.807) is 30.3 Å². The molecule has 0 bridgehead atoms. The van der Waals surface area contributed by atoms with Crippen LogP contribution in [0, 0.1) is 0 Å². The van der Waals surface area contributed by atoms with Crippen LogP contribution in [0.3, 0.4) is 0 Å². The molecule has 97 heavy (non-hydrogen) atoms. The molecule has 5 amide bonds. The van der Waals surface area contributed by atoms with Crippen molar-refractivity contribution in [1.82, 2.24) is 26.6 Å². The van der Waals surface area contributed by atoms with Crippen molar-refractivity contribution in [2.75, 3.05) is 55.9 Å². The second-order valence-electron chi connectivity index (χ2n) is 24.2. The van der Waals surface area contributed by atoms with Crippen molar-refractivity contribution >= 4 is 92.6 Å². The molecule has 2 heterocycles. The molecule has 2 saturated heterocycles. The normalized spacial score (nSPS) is 22.1. The highest BCUT2D eigenvalue weighted by Crippen LogP contribution is 2.35. The average molecular weight is 1380 g/mol. The minimum atomic E-state index is -2.45. The Labute approximate surface area is 569 Å². The number of aldehydes is 1. The maximum absolute atomic E-state index is 13.1. The Balaban J connectivity index is 0.695. The van der Waals surface area contributed by atoms with Crippen LogP contribution in [0.2, 0.25) is 0 Å². The number of benzene rings is 6. The fourth-order valence-electron chi connectivity index (χ4n) is 11.6. The molecule has 6 aromatic carbocycles. The van der Waals surface area contributed by atoms with Crippen molar-refractivity contribution in [2.45, 2.75) is 138 Å². The minimum Gasteiger partial charge on any atom is -0.477 e. The van der Waals surface area contributed by atoms with E-state index in [2.05, 4.69) is 26.6 Å². The third kappa shape index (κ3) is 21.4. The first-order valence-corrected chi connectivity index (χ1v) is 34.5. The number of aliphatic carboxylic acids is 1. The Morgan fingerprint density at radius 2 is 1.03 bits per heavy atom. The van der Waals surface area contributed by atoms with Crippen LogP contribution >= 0.6 is 23.5 Å². The quantitative estimate of drug-likeness (QED) is 0.0151. The lowest BCUT2D eigenvalue weighted by Crippen LogP contribution is -2.68. The maximum Gasteiger partial charge on any atom is 0.364 e. The summed E-state index contributed by atoms with van der Waals surface area (Å²) in [6.07, 6.45) is -12.2. The first-order valence-electron chi connectivity index (χ1n) is 32.2. The molecule has 2 fully saturated rings. The van der Waals surface area contributed by atoms with Crippen molar-refractivity contribution in [1.29, 1.82) is 0 Å². The topological polar surface area (TPSA) is 375 Å². The zero-order valence-corrected chi connectivity index (χ0v) is 55.6. The van der Waals surface area contributed by atoms with Gasteiger partial charge in [-0.2, -0.15) is 23.5 Å². The van der Waals surface area contributed by atoms with Crippen LogP contribution < -0.4 is 26.6 Å². The van der Waals surface area contributed by atoms with E-state index in [-0.39, 0.29) is 50.6 Å². The Morgan fingerprint density at radius 3 is 1.54 bits per heavy atom. The first kappa shape index (κ1) is 75.1. The summed E-state index contributed by atoms with van der Waals surface area (Å²) in [6.45, 7) is 1.74. The zero-order chi connectivity index (χ0) is 69.7. The summed E-state index contributed by atoms with van der Waals surface area (Å²) < 4.78 is 23.5. The highest BCUT2D eigenvalue weighted by atomic mass is 32.2. The van der Waals surface area contributed by atoms with Gasteiger partial charge in [-0.3, -0.25) is 33.6 Å². The lowest BCUT2D eigenvalue weighted by molar-refractivity contribution is -0.310. The van der Waals surface area contributed by atoms with Crippen LogP contribution in [-0.4, -0.2) is 212 Å². The molecular weight excluding hydrogens is 1290 g/mol. The Hall–Kier alpha value is -7.70. The number of hydrogen-bond acceptors (Lipinski definition) is 20. The fourth-order valence-corrected chi connectivity index (χ4v) is 13.3. The Kier molecular flexibility index (Phi) is 28.0. The number of rotatable bonds is 36. The molecule has 0 unspecified atom stereocenters. The number of fused-ring (bicyclic) bond motifs is 2. The molecule has 0 spiro atoms. The van der Waals surface area contributed by atoms with Crippen LogP contribution in [0.25, 0.3) is 32.7 Å². The van der Waals surface area contributed by atoms with Crippen LogP contribution in [0.1, 0.15) is 84.2 Å². The third-order valence-corrected chi connectivity index (χ3v) is 18.9. The number of ketones is 1. The lowest BCUT2D eigenvalue weighted by Gasteiger charge is -2.46. The summed E-state index contributed by atoms with van der Waals surface area (Å²) in [6, 6.07) is 38.1. The smallest absolute Gasteiger partial charge is 0.364 e. The number of aliphatic hydroxyl groups excluding tert-OH is 6. The molecule has 6 aromatic rings. The summed E-state index contributed by atoms with van der Waals surface area (Å²) in [4.78, 5) is 101. The van der Waals surface area contributed by atoms with Crippen molar-refractivity contribution < 1.29 is 93.0 Å². The van der Waals surface area contributed by atoms with Gasteiger partial charge in [-0.05, 0) is 92.5 Å². The maximum atomic E-state index is 13.1. The first-order chi connectivity index (χ1) is 46.6. The third-order valence-electron chi connectivity index (χ3n) is 16.7. The molecule has 0 saturated carbocycles. The summed E-state index contributed by atoms with van der Waals surface area (Å²) in [5.74, 6) is -6.18. The van der Waals surface area contributed by atoms with Gasteiger partial charge in [0.2, 0.25) is 29.4 Å². The number of carbonyl (C=O) groups is 8. The second-order valence-corrected chi connectivity index (χ2v) is 26.6. The van der Waals surface area contributed by atoms with Crippen LogP contribution in [0.15, 0.2) is 133 Å². The summed E-state index contributed by atoms with van der Waals surface area (Å²) >= 11 is 3.05. The standard InChI is InChI=1S/C71H85N5O19S2/c1-43(78)75-62-56(81)38-70(42-77,94-66(62)64(87)58(83)40-73-60(85)36-45-15-17-47-10-3-5-12-53(47)34-45)92-28-8-32-97-33-27-72-68(89)52-25-21-50(22-26-52)49-19-23-51(24-20-49)55(80)14-7-30-96-31-9-29-93-71(69(90)91)39-57(82)63(76-44(2)79)67(95-71)65(88)59(84)41-74-61(86)37-46-16-18-48-11-4-6-13-54(48)35-46/h3-6,10-13,15-26,34-35,42,56-59,62-67,81-84,87-88H,7-9,14,27-33,36-41H2,1-2H3,(H,72,89)(H,73,85)(H,74,86)(H,75,78)(H,76,79)(H,90,91)/t56-,57-,58+,59+,62+,63+,64+,65+,66+,67+,70+,71+/m0/s1. The van der Waals surface area contributed by atoms with Gasteiger partial charge in [0.25, 0.3) is 11.7 Å². The van der Waals surface area contributed by atoms with E-state index in [0.29, 0.717) is 66.2 Å². The number of ether oxygens (including phenoxy) is 4. The summed E-state index contributed by atoms with van der Waals surface area (Å²) in [5.41, 5.74) is 4.12. The Bertz CT molecular complexity index is 3660. The van der Waals surface area contributed by atoms with E-state index in [4.69, 9.17) is 18.9 Å². The molecule has 8 rings (SSSR count). The van der Waals surface area contributed by atoms with Crippen molar-refractivity contribution in [3.05, 3.63) is 156 Å². The van der Waals surface area contributed by atoms with Gasteiger partial charge < -0.3 is 81.3 Å². The van der Waals surface area contributed by atoms with E-state index >= 15 is 0 Å². The molecule has 0 aromatic heterocycles. The van der Waals surface area contributed by atoms with Gasteiger partial charge in [0.05, 0.1) is 62.6 Å². The molecule has 26 heteroatoms. The molecule has 0 radical (unpaired) electrons. The predicted molar refractivity (Wildman–Crippen MR) is 364 cm³/mol. The van der Waals surface area contributed by atoms with Gasteiger partial charge in [0.1, 0.15) is 24.4 Å². The van der Waals surface area contributed by atoms with E-state index in [0.717, 1.165) is 43.8 Å². The van der Waals surface area contributed by atoms with Gasteiger partial charge in [-0.25, -0.2) is 4.79 Å². The lowest BCUT2D eigenvalue weighted by atomic mass is 9.88. The largest absolute Gasteiger partial charge is 0.477 e. The molecule has 12 N–H and O–H groups in total. The molecule has 520 valence electrons. The number of amides is 5. The SMILES string of the molecule is CC(=O)N[C@H]1[C@H]([C@H](O)[C@H](O)CNC(=O)Cc2ccc3ccccc3c2)O[C@](C=O)(OCCCSCCNC(=O)c2ccc(-c3ccc(C(=O)CCCSCCCO[C@]4(C(=O)O)C[C@H](O)[C@@H](NC(C)=O)[C@H]([C@H](O)[C@H](O)CNC(=O)Cc5ccc6ccccc6c5)O4)cc3)cc2)C[C@@H]1O. The van der Waals surface area contributed by atoms with Gasteiger partial charge in [-0.15, -0.1) is 0 Å². The summed E-state index contributed by atoms with van der Waals surface area (Å²) in [7, 11) is 0. The monoisotopic (exact) mass is 1380 g/mol. The number of carboxylic acid groups (broad SMARTS) is 1. The minimum absolute atomic E-state index is 0.00358. The van der Waals surface area contributed by atoms with Gasteiger partial charge in [0, 0.05) is 69.6 Å². The molecule has 0 aliphatic carbocycles.